The fraction of sp³-hybridized carbons (Fsp3) is 0.615. The van der Waals surface area contributed by atoms with Gasteiger partial charge in [0.2, 0.25) is 0 Å². The maximum absolute atomic E-state index is 12.8. The van der Waals surface area contributed by atoms with Crippen molar-refractivity contribution < 1.29 is 13.2 Å². The quantitative estimate of drug-likeness (QED) is 0.929. The van der Waals surface area contributed by atoms with Crippen LogP contribution in [-0.4, -0.2) is 31.3 Å². The van der Waals surface area contributed by atoms with Gasteiger partial charge in [0, 0.05) is 19.6 Å². The van der Waals surface area contributed by atoms with E-state index >= 15 is 0 Å². The van der Waals surface area contributed by atoms with Crippen molar-refractivity contribution in [2.24, 2.45) is 5.92 Å². The largest absolute Gasteiger partial charge is 0.393 e. The standard InChI is InChI=1S/C13H17ClF3N3/c1-18-7-11-10(14)4-5-12(19-11)20-6-2-3-9(8-20)13(15,16)17/h4-5,9,18H,2-3,6-8H2,1H3. The van der Waals surface area contributed by atoms with Gasteiger partial charge in [-0.1, -0.05) is 11.6 Å². The third kappa shape index (κ3) is 3.55. The molecule has 1 aromatic rings. The minimum absolute atomic E-state index is 0.0306. The normalized spacial score (nSPS) is 20.2. The van der Waals surface area contributed by atoms with Crippen molar-refractivity contribution in [1.82, 2.24) is 10.3 Å². The van der Waals surface area contributed by atoms with Crippen LogP contribution in [0.25, 0.3) is 0 Å². The van der Waals surface area contributed by atoms with Crippen LogP contribution in [0.2, 0.25) is 5.02 Å². The topological polar surface area (TPSA) is 28.2 Å². The lowest BCUT2D eigenvalue weighted by Gasteiger charge is -2.34. The van der Waals surface area contributed by atoms with Gasteiger partial charge in [0.25, 0.3) is 0 Å². The Hall–Kier alpha value is -1.01. The molecule has 7 heteroatoms. The van der Waals surface area contributed by atoms with E-state index in [-0.39, 0.29) is 13.0 Å². The molecule has 0 saturated carbocycles. The van der Waals surface area contributed by atoms with Crippen molar-refractivity contribution in [3.63, 3.8) is 0 Å². The molecule has 1 saturated heterocycles. The van der Waals surface area contributed by atoms with E-state index in [2.05, 4.69) is 10.3 Å². The Labute approximate surface area is 121 Å². The first kappa shape index (κ1) is 15.4. The van der Waals surface area contributed by atoms with E-state index in [1.54, 1.807) is 24.1 Å². The third-order valence-corrected chi connectivity index (χ3v) is 3.80. The Kier molecular flexibility index (Phi) is 4.75. The van der Waals surface area contributed by atoms with Gasteiger partial charge < -0.3 is 10.2 Å². The molecule has 112 valence electrons. The van der Waals surface area contributed by atoms with Gasteiger partial charge in [-0.2, -0.15) is 13.2 Å². The summed E-state index contributed by atoms with van der Waals surface area (Å²) in [6.07, 6.45) is -3.42. The number of hydrogen-bond donors (Lipinski definition) is 1. The number of piperidine rings is 1. The number of nitrogens with zero attached hydrogens (tertiary/aromatic N) is 2. The average Bonchev–Trinajstić information content (AvgIpc) is 2.41. The highest BCUT2D eigenvalue weighted by Crippen LogP contribution is 2.34. The van der Waals surface area contributed by atoms with Crippen molar-refractivity contribution in [2.45, 2.75) is 25.6 Å². The highest BCUT2D eigenvalue weighted by atomic mass is 35.5. The Morgan fingerprint density at radius 3 is 2.85 bits per heavy atom. The van der Waals surface area contributed by atoms with Gasteiger partial charge in [0.1, 0.15) is 5.82 Å². The molecule has 1 atom stereocenters. The van der Waals surface area contributed by atoms with Gasteiger partial charge in [-0.3, -0.25) is 0 Å². The number of nitrogens with one attached hydrogen (secondary N) is 1. The van der Waals surface area contributed by atoms with E-state index in [4.69, 9.17) is 11.6 Å². The molecule has 1 unspecified atom stereocenters. The van der Waals surface area contributed by atoms with Crippen LogP contribution in [-0.2, 0) is 6.54 Å². The van der Waals surface area contributed by atoms with E-state index < -0.39 is 12.1 Å². The molecule has 3 nitrogen and oxygen atoms in total. The predicted molar refractivity (Wildman–Crippen MR) is 73.0 cm³/mol. The zero-order valence-electron chi connectivity index (χ0n) is 11.2. The Morgan fingerprint density at radius 1 is 1.45 bits per heavy atom. The van der Waals surface area contributed by atoms with Crippen LogP contribution in [0, 0.1) is 5.92 Å². The van der Waals surface area contributed by atoms with Crippen LogP contribution in [0.3, 0.4) is 0 Å². The summed E-state index contributed by atoms with van der Waals surface area (Å²) >= 11 is 6.01. The summed E-state index contributed by atoms with van der Waals surface area (Å²) in [7, 11) is 1.77. The lowest BCUT2D eigenvalue weighted by molar-refractivity contribution is -0.176. The first-order valence-electron chi connectivity index (χ1n) is 6.53. The second kappa shape index (κ2) is 6.18. The van der Waals surface area contributed by atoms with E-state index in [1.807, 2.05) is 0 Å². The summed E-state index contributed by atoms with van der Waals surface area (Å²) in [6.45, 7) is 1.06. The molecule has 1 aliphatic rings. The molecule has 1 N–H and O–H groups in total. The number of aromatic nitrogens is 1. The predicted octanol–water partition coefficient (Wildman–Crippen LogP) is 3.23. The summed E-state index contributed by atoms with van der Waals surface area (Å²) in [5, 5.41) is 3.46. The SMILES string of the molecule is CNCc1nc(N2CCCC(C(F)(F)F)C2)ccc1Cl. The van der Waals surface area contributed by atoms with Gasteiger partial charge in [-0.05, 0) is 32.0 Å². The third-order valence-electron chi connectivity index (χ3n) is 3.46. The molecule has 0 bridgehead atoms. The molecule has 0 aliphatic carbocycles. The fourth-order valence-corrected chi connectivity index (χ4v) is 2.56. The van der Waals surface area contributed by atoms with E-state index in [9.17, 15) is 13.2 Å². The first-order valence-corrected chi connectivity index (χ1v) is 6.91. The van der Waals surface area contributed by atoms with Crippen LogP contribution in [0.15, 0.2) is 12.1 Å². The fourth-order valence-electron chi connectivity index (χ4n) is 2.39. The Morgan fingerprint density at radius 2 is 2.20 bits per heavy atom. The molecule has 0 radical (unpaired) electrons. The van der Waals surface area contributed by atoms with E-state index in [0.29, 0.717) is 36.0 Å². The lowest BCUT2D eigenvalue weighted by Crippen LogP contribution is -2.42. The molecular formula is C13H17ClF3N3. The summed E-state index contributed by atoms with van der Waals surface area (Å²) < 4.78 is 38.4. The minimum atomic E-state index is -4.14. The molecule has 1 aromatic heterocycles. The van der Waals surface area contributed by atoms with Gasteiger partial charge in [-0.25, -0.2) is 4.98 Å². The molecule has 0 spiro atoms. The Balaban J connectivity index is 2.16. The maximum atomic E-state index is 12.8. The van der Waals surface area contributed by atoms with Crippen molar-refractivity contribution >= 4 is 17.4 Å². The van der Waals surface area contributed by atoms with Crippen LogP contribution in [0.4, 0.5) is 19.0 Å². The van der Waals surface area contributed by atoms with Crippen molar-refractivity contribution in [2.75, 3.05) is 25.0 Å². The number of pyridine rings is 1. The Bertz CT molecular complexity index is 465. The highest BCUT2D eigenvalue weighted by molar-refractivity contribution is 6.31. The lowest BCUT2D eigenvalue weighted by atomic mass is 9.97. The second-order valence-electron chi connectivity index (χ2n) is 4.96. The number of anilines is 1. The zero-order valence-corrected chi connectivity index (χ0v) is 11.9. The first-order chi connectivity index (χ1) is 9.41. The molecule has 2 rings (SSSR count). The molecule has 0 aromatic carbocycles. The number of hydrogen-bond acceptors (Lipinski definition) is 3. The monoisotopic (exact) mass is 307 g/mol. The summed E-state index contributed by atoms with van der Waals surface area (Å²) in [5.74, 6) is -0.713. The number of halogens is 4. The second-order valence-corrected chi connectivity index (χ2v) is 5.36. The van der Waals surface area contributed by atoms with Crippen molar-refractivity contribution in [1.29, 1.82) is 0 Å². The van der Waals surface area contributed by atoms with E-state index in [0.717, 1.165) is 0 Å². The van der Waals surface area contributed by atoms with Gasteiger partial charge in [0.05, 0.1) is 16.6 Å². The smallest absolute Gasteiger partial charge is 0.356 e. The molecular weight excluding hydrogens is 291 g/mol. The zero-order chi connectivity index (χ0) is 14.8. The van der Waals surface area contributed by atoms with Crippen LogP contribution < -0.4 is 10.2 Å². The molecule has 20 heavy (non-hydrogen) atoms. The van der Waals surface area contributed by atoms with E-state index in [1.165, 1.54) is 0 Å². The molecule has 0 amide bonds. The summed E-state index contributed by atoms with van der Waals surface area (Å²) in [6, 6.07) is 3.37. The molecule has 1 fully saturated rings. The molecule has 2 heterocycles. The van der Waals surface area contributed by atoms with Crippen molar-refractivity contribution in [3.8, 4) is 0 Å². The molecule has 1 aliphatic heterocycles. The number of alkyl halides is 3. The summed E-state index contributed by atoms with van der Waals surface area (Å²) in [5.41, 5.74) is 0.654. The van der Waals surface area contributed by atoms with Crippen LogP contribution >= 0.6 is 11.6 Å². The average molecular weight is 308 g/mol. The van der Waals surface area contributed by atoms with Gasteiger partial charge in [-0.15, -0.1) is 0 Å². The number of rotatable bonds is 3. The van der Waals surface area contributed by atoms with Gasteiger partial charge >= 0.3 is 6.18 Å². The maximum Gasteiger partial charge on any atom is 0.393 e. The van der Waals surface area contributed by atoms with Gasteiger partial charge in [0.15, 0.2) is 0 Å². The minimum Gasteiger partial charge on any atom is -0.356 e. The van der Waals surface area contributed by atoms with Crippen molar-refractivity contribution in [3.05, 3.63) is 22.8 Å². The summed E-state index contributed by atoms with van der Waals surface area (Å²) in [4.78, 5) is 6.06. The van der Waals surface area contributed by atoms with Crippen LogP contribution in [0.1, 0.15) is 18.5 Å². The highest BCUT2D eigenvalue weighted by Gasteiger charge is 2.42. The van der Waals surface area contributed by atoms with Crippen LogP contribution in [0.5, 0.6) is 0 Å².